The minimum Gasteiger partial charge on any atom is -0.468 e. The molecule has 2 heterocycles. The molecular weight excluding hydrogens is 188 g/mol. The van der Waals surface area contributed by atoms with Crippen LogP contribution in [0.2, 0.25) is 0 Å². The van der Waals surface area contributed by atoms with Crippen LogP contribution in [0.5, 0.6) is 0 Å². The van der Waals surface area contributed by atoms with Crippen LogP contribution in [0.4, 0.5) is 0 Å². The lowest BCUT2D eigenvalue weighted by atomic mass is 9.94. The highest BCUT2D eigenvalue weighted by Crippen LogP contribution is 2.15. The van der Waals surface area contributed by atoms with Gasteiger partial charge in [-0.15, -0.1) is 0 Å². The van der Waals surface area contributed by atoms with Crippen molar-refractivity contribution in [1.29, 1.82) is 0 Å². The molecule has 0 saturated carbocycles. The number of hydrogen-bond donors (Lipinski definition) is 1. The van der Waals surface area contributed by atoms with Crippen LogP contribution in [0, 0.1) is 5.92 Å². The molecule has 3 nitrogen and oxygen atoms in total. The SMILES string of the molecule is CC1CN(C)CCC1NCc1ccco1. The Labute approximate surface area is 91.4 Å². The third kappa shape index (κ3) is 2.83. The summed E-state index contributed by atoms with van der Waals surface area (Å²) < 4.78 is 5.31. The Morgan fingerprint density at radius 2 is 2.47 bits per heavy atom. The lowest BCUT2D eigenvalue weighted by molar-refractivity contribution is 0.172. The molecule has 3 heteroatoms. The smallest absolute Gasteiger partial charge is 0.117 e. The number of piperidine rings is 1. The van der Waals surface area contributed by atoms with E-state index in [-0.39, 0.29) is 0 Å². The largest absolute Gasteiger partial charge is 0.468 e. The molecule has 1 aliphatic rings. The number of nitrogens with zero attached hydrogens (tertiary/aromatic N) is 1. The van der Waals surface area contributed by atoms with Crippen molar-refractivity contribution >= 4 is 0 Å². The maximum absolute atomic E-state index is 5.31. The Hall–Kier alpha value is -0.800. The molecule has 2 rings (SSSR count). The van der Waals surface area contributed by atoms with Gasteiger partial charge in [-0.05, 0) is 38.1 Å². The summed E-state index contributed by atoms with van der Waals surface area (Å²) in [7, 11) is 2.19. The summed E-state index contributed by atoms with van der Waals surface area (Å²) in [5, 5.41) is 3.57. The normalized spacial score (nSPS) is 28.1. The maximum Gasteiger partial charge on any atom is 0.117 e. The topological polar surface area (TPSA) is 28.4 Å². The molecule has 84 valence electrons. The first-order chi connectivity index (χ1) is 7.25. The van der Waals surface area contributed by atoms with Crippen LogP contribution in [0.3, 0.4) is 0 Å². The first kappa shape index (κ1) is 10.7. The first-order valence-corrected chi connectivity index (χ1v) is 5.70. The minimum atomic E-state index is 0.631. The lowest BCUT2D eigenvalue weighted by Crippen LogP contribution is -2.46. The van der Waals surface area contributed by atoms with E-state index in [1.54, 1.807) is 6.26 Å². The molecule has 2 unspecified atom stereocenters. The molecule has 1 aromatic rings. The molecule has 0 spiro atoms. The summed E-state index contributed by atoms with van der Waals surface area (Å²) in [4.78, 5) is 2.40. The minimum absolute atomic E-state index is 0.631. The van der Waals surface area contributed by atoms with Gasteiger partial charge < -0.3 is 14.6 Å². The highest BCUT2D eigenvalue weighted by molar-refractivity contribution is 4.98. The number of furan rings is 1. The predicted octanol–water partition coefficient (Wildman–Crippen LogP) is 1.71. The second kappa shape index (κ2) is 4.81. The van der Waals surface area contributed by atoms with Gasteiger partial charge in [-0.25, -0.2) is 0 Å². The van der Waals surface area contributed by atoms with Gasteiger partial charge in [0.25, 0.3) is 0 Å². The Kier molecular flexibility index (Phi) is 3.44. The van der Waals surface area contributed by atoms with Crippen LogP contribution < -0.4 is 5.32 Å². The summed E-state index contributed by atoms with van der Waals surface area (Å²) in [5.41, 5.74) is 0. The molecule has 1 aromatic heterocycles. The molecule has 0 radical (unpaired) electrons. The summed E-state index contributed by atoms with van der Waals surface area (Å²) in [6, 6.07) is 4.59. The van der Waals surface area contributed by atoms with Gasteiger partial charge in [-0.1, -0.05) is 6.92 Å². The molecule has 0 aromatic carbocycles. The second-order valence-electron chi connectivity index (χ2n) is 4.59. The standard InChI is InChI=1S/C12H20N2O/c1-10-9-14(2)6-5-12(10)13-8-11-4-3-7-15-11/h3-4,7,10,12-13H,5-6,8-9H2,1-2H3. The monoisotopic (exact) mass is 208 g/mol. The summed E-state index contributed by atoms with van der Waals surface area (Å²) in [5.74, 6) is 1.75. The molecular formula is C12H20N2O. The zero-order valence-corrected chi connectivity index (χ0v) is 9.57. The van der Waals surface area contributed by atoms with E-state index in [4.69, 9.17) is 4.42 Å². The third-order valence-corrected chi connectivity index (χ3v) is 3.23. The van der Waals surface area contributed by atoms with Crippen LogP contribution in [0.1, 0.15) is 19.1 Å². The van der Waals surface area contributed by atoms with Crippen molar-refractivity contribution in [3.63, 3.8) is 0 Å². The molecule has 1 aliphatic heterocycles. The van der Waals surface area contributed by atoms with E-state index in [0.29, 0.717) is 6.04 Å². The quantitative estimate of drug-likeness (QED) is 0.819. The molecule has 15 heavy (non-hydrogen) atoms. The Morgan fingerprint density at radius 1 is 1.60 bits per heavy atom. The van der Waals surface area contributed by atoms with Crippen molar-refractivity contribution in [3.8, 4) is 0 Å². The molecule has 0 amide bonds. The molecule has 1 saturated heterocycles. The van der Waals surface area contributed by atoms with E-state index >= 15 is 0 Å². The summed E-state index contributed by atoms with van der Waals surface area (Å²) in [6.07, 6.45) is 2.97. The van der Waals surface area contributed by atoms with Crippen LogP contribution in [0.15, 0.2) is 22.8 Å². The molecule has 1 N–H and O–H groups in total. The van der Waals surface area contributed by atoms with Gasteiger partial charge in [0.1, 0.15) is 5.76 Å². The average Bonchev–Trinajstić information content (AvgIpc) is 2.69. The van der Waals surface area contributed by atoms with Crippen molar-refractivity contribution in [2.24, 2.45) is 5.92 Å². The van der Waals surface area contributed by atoms with E-state index < -0.39 is 0 Å². The molecule has 0 aliphatic carbocycles. The van der Waals surface area contributed by atoms with Crippen molar-refractivity contribution in [1.82, 2.24) is 10.2 Å². The number of hydrogen-bond acceptors (Lipinski definition) is 3. The zero-order chi connectivity index (χ0) is 10.7. The fourth-order valence-corrected chi connectivity index (χ4v) is 2.30. The highest BCUT2D eigenvalue weighted by atomic mass is 16.3. The third-order valence-electron chi connectivity index (χ3n) is 3.23. The maximum atomic E-state index is 5.31. The first-order valence-electron chi connectivity index (χ1n) is 5.70. The van der Waals surface area contributed by atoms with Crippen molar-refractivity contribution < 1.29 is 4.42 Å². The zero-order valence-electron chi connectivity index (χ0n) is 9.57. The van der Waals surface area contributed by atoms with Crippen molar-refractivity contribution in [2.75, 3.05) is 20.1 Å². The van der Waals surface area contributed by atoms with Gasteiger partial charge >= 0.3 is 0 Å². The fraction of sp³-hybridized carbons (Fsp3) is 0.667. The average molecular weight is 208 g/mol. The number of likely N-dealkylation sites (tertiary alicyclic amines) is 1. The van der Waals surface area contributed by atoms with Gasteiger partial charge in [0.15, 0.2) is 0 Å². The van der Waals surface area contributed by atoms with Gasteiger partial charge in [-0.2, -0.15) is 0 Å². The van der Waals surface area contributed by atoms with Gasteiger partial charge in [-0.3, -0.25) is 0 Å². The Balaban J connectivity index is 1.79. The van der Waals surface area contributed by atoms with E-state index in [2.05, 4.69) is 24.2 Å². The van der Waals surface area contributed by atoms with E-state index in [1.807, 2.05) is 12.1 Å². The second-order valence-corrected chi connectivity index (χ2v) is 4.59. The fourth-order valence-electron chi connectivity index (χ4n) is 2.30. The van der Waals surface area contributed by atoms with Gasteiger partial charge in [0.2, 0.25) is 0 Å². The van der Waals surface area contributed by atoms with E-state index in [1.165, 1.54) is 19.5 Å². The highest BCUT2D eigenvalue weighted by Gasteiger charge is 2.23. The van der Waals surface area contributed by atoms with E-state index in [0.717, 1.165) is 18.2 Å². The van der Waals surface area contributed by atoms with Crippen LogP contribution in [0.25, 0.3) is 0 Å². The summed E-state index contributed by atoms with van der Waals surface area (Å²) >= 11 is 0. The van der Waals surface area contributed by atoms with E-state index in [9.17, 15) is 0 Å². The lowest BCUT2D eigenvalue weighted by Gasteiger charge is -2.35. The Morgan fingerprint density at radius 3 is 3.13 bits per heavy atom. The number of nitrogens with one attached hydrogen (secondary N) is 1. The van der Waals surface area contributed by atoms with Crippen molar-refractivity contribution in [2.45, 2.75) is 25.9 Å². The van der Waals surface area contributed by atoms with Crippen LogP contribution >= 0.6 is 0 Å². The molecule has 1 fully saturated rings. The predicted molar refractivity (Wildman–Crippen MR) is 60.6 cm³/mol. The molecule has 2 atom stereocenters. The summed E-state index contributed by atoms with van der Waals surface area (Å²) in [6.45, 7) is 5.55. The van der Waals surface area contributed by atoms with Gasteiger partial charge in [0.05, 0.1) is 12.8 Å². The van der Waals surface area contributed by atoms with Crippen molar-refractivity contribution in [3.05, 3.63) is 24.2 Å². The molecule has 0 bridgehead atoms. The van der Waals surface area contributed by atoms with Crippen LogP contribution in [-0.4, -0.2) is 31.1 Å². The Bertz CT molecular complexity index is 284. The number of rotatable bonds is 3. The van der Waals surface area contributed by atoms with Gasteiger partial charge in [0, 0.05) is 12.6 Å². The van der Waals surface area contributed by atoms with Crippen LogP contribution in [-0.2, 0) is 6.54 Å².